The summed E-state index contributed by atoms with van der Waals surface area (Å²) in [6.07, 6.45) is 2.03. The fourth-order valence-corrected chi connectivity index (χ4v) is 2.81. The van der Waals surface area contributed by atoms with E-state index in [1.165, 1.54) is 10.4 Å². The van der Waals surface area contributed by atoms with Gasteiger partial charge in [-0.2, -0.15) is 0 Å². The molecule has 0 spiro atoms. The Morgan fingerprint density at radius 2 is 2.10 bits per heavy atom. The monoisotopic (exact) mass is 305 g/mol. The molecule has 0 bridgehead atoms. The van der Waals surface area contributed by atoms with Crippen LogP contribution in [-0.2, 0) is 13.0 Å². The van der Waals surface area contributed by atoms with E-state index >= 15 is 0 Å². The summed E-state index contributed by atoms with van der Waals surface area (Å²) in [5.41, 5.74) is 5.25. The van der Waals surface area contributed by atoms with Gasteiger partial charge in [0.1, 0.15) is 0 Å². The number of nitrogens with one attached hydrogen (secondary N) is 1. The maximum Gasteiger partial charge on any atom is 0.213 e. The Kier molecular flexibility index (Phi) is 6.14. The number of hydrogen-bond acceptors (Lipinski definition) is 5. The summed E-state index contributed by atoms with van der Waals surface area (Å²) < 4.78 is 5.74. The van der Waals surface area contributed by atoms with Crippen LogP contribution in [0.25, 0.3) is 0 Å². The molecule has 0 aromatic carbocycles. The Morgan fingerprint density at radius 3 is 2.76 bits per heavy atom. The van der Waals surface area contributed by atoms with Gasteiger partial charge in [0.2, 0.25) is 5.88 Å². The summed E-state index contributed by atoms with van der Waals surface area (Å²) in [6, 6.07) is 4.05. The van der Waals surface area contributed by atoms with Crippen molar-refractivity contribution in [1.29, 1.82) is 0 Å². The highest BCUT2D eigenvalue weighted by molar-refractivity contribution is 7.09. The summed E-state index contributed by atoms with van der Waals surface area (Å²) in [6.45, 7) is 8.77. The van der Waals surface area contributed by atoms with Gasteiger partial charge in [-0.25, -0.2) is 9.97 Å². The average Bonchev–Trinajstić information content (AvgIpc) is 2.87. The highest BCUT2D eigenvalue weighted by atomic mass is 32.1. The Bertz CT molecular complexity index is 568. The molecule has 0 unspecified atom stereocenters. The number of ether oxygens (including phenoxy) is 1. The Balaban J connectivity index is 1.84. The molecule has 0 aliphatic carbocycles. The van der Waals surface area contributed by atoms with Crippen LogP contribution in [0.2, 0.25) is 0 Å². The predicted octanol–water partition coefficient (Wildman–Crippen LogP) is 3.28. The number of hydrogen-bond donors (Lipinski definition) is 1. The lowest BCUT2D eigenvalue weighted by molar-refractivity contribution is 0.309. The van der Waals surface area contributed by atoms with Crippen LogP contribution in [-0.4, -0.2) is 23.1 Å². The zero-order valence-corrected chi connectivity index (χ0v) is 13.8. The third kappa shape index (κ3) is 4.79. The second-order valence-corrected chi connectivity index (χ2v) is 5.97. The number of thiazole rings is 1. The van der Waals surface area contributed by atoms with Gasteiger partial charge < -0.3 is 10.1 Å². The van der Waals surface area contributed by atoms with Gasteiger partial charge >= 0.3 is 0 Å². The SMILES string of the molecule is CCCNCc1ccc(OCCc2scnc2C)nc1C. The van der Waals surface area contributed by atoms with Gasteiger partial charge in [0.05, 0.1) is 17.8 Å². The van der Waals surface area contributed by atoms with Gasteiger partial charge in [0.15, 0.2) is 0 Å². The van der Waals surface area contributed by atoms with Crippen LogP contribution < -0.4 is 10.1 Å². The molecule has 2 aromatic rings. The standard InChI is InChI=1S/C16H23N3OS/c1-4-8-17-10-14-5-6-16(19-12(14)2)20-9-7-15-13(3)18-11-21-15/h5-6,11,17H,4,7-10H2,1-3H3. The highest BCUT2D eigenvalue weighted by Gasteiger charge is 2.04. The first-order valence-electron chi connectivity index (χ1n) is 7.39. The van der Waals surface area contributed by atoms with Crippen molar-refractivity contribution >= 4 is 11.3 Å². The van der Waals surface area contributed by atoms with Crippen molar-refractivity contribution < 1.29 is 4.74 Å². The molecule has 4 nitrogen and oxygen atoms in total. The van der Waals surface area contributed by atoms with E-state index in [9.17, 15) is 0 Å². The molecule has 2 heterocycles. The largest absolute Gasteiger partial charge is 0.477 e. The van der Waals surface area contributed by atoms with Gasteiger partial charge in [-0.1, -0.05) is 13.0 Å². The molecule has 114 valence electrons. The van der Waals surface area contributed by atoms with Crippen molar-refractivity contribution in [2.75, 3.05) is 13.2 Å². The summed E-state index contributed by atoms with van der Waals surface area (Å²) in [5, 5.41) is 3.39. The maximum absolute atomic E-state index is 5.74. The zero-order valence-electron chi connectivity index (χ0n) is 13.0. The lowest BCUT2D eigenvalue weighted by Crippen LogP contribution is -2.15. The minimum absolute atomic E-state index is 0.642. The molecule has 0 radical (unpaired) electrons. The predicted molar refractivity (Wildman–Crippen MR) is 87.0 cm³/mol. The van der Waals surface area contributed by atoms with Crippen LogP contribution >= 0.6 is 11.3 Å². The summed E-state index contributed by atoms with van der Waals surface area (Å²) in [5.74, 6) is 0.703. The first-order chi connectivity index (χ1) is 10.2. The fourth-order valence-electron chi connectivity index (χ4n) is 2.05. The molecule has 0 saturated carbocycles. The summed E-state index contributed by atoms with van der Waals surface area (Å²) in [4.78, 5) is 10.0. The molecule has 5 heteroatoms. The summed E-state index contributed by atoms with van der Waals surface area (Å²) in [7, 11) is 0. The Morgan fingerprint density at radius 1 is 1.24 bits per heavy atom. The van der Waals surface area contributed by atoms with E-state index in [1.807, 2.05) is 25.4 Å². The first-order valence-corrected chi connectivity index (χ1v) is 8.27. The van der Waals surface area contributed by atoms with Crippen LogP contribution in [0.5, 0.6) is 5.88 Å². The fraction of sp³-hybridized carbons (Fsp3) is 0.500. The maximum atomic E-state index is 5.74. The minimum atomic E-state index is 0.642. The third-order valence-corrected chi connectivity index (χ3v) is 4.33. The molecular weight excluding hydrogens is 282 g/mol. The van der Waals surface area contributed by atoms with E-state index < -0.39 is 0 Å². The molecular formula is C16H23N3OS. The molecule has 0 amide bonds. The van der Waals surface area contributed by atoms with Crippen molar-refractivity contribution in [2.24, 2.45) is 0 Å². The van der Waals surface area contributed by atoms with Gasteiger partial charge in [-0.15, -0.1) is 11.3 Å². The van der Waals surface area contributed by atoms with Gasteiger partial charge in [0, 0.05) is 29.6 Å². The van der Waals surface area contributed by atoms with Gasteiger partial charge in [-0.05, 0) is 32.4 Å². The lowest BCUT2D eigenvalue weighted by atomic mass is 10.2. The second kappa shape index (κ2) is 8.10. The number of nitrogens with zero attached hydrogens (tertiary/aromatic N) is 2. The van der Waals surface area contributed by atoms with Crippen LogP contribution in [0, 0.1) is 13.8 Å². The molecule has 0 aliphatic heterocycles. The van der Waals surface area contributed by atoms with E-state index in [-0.39, 0.29) is 0 Å². The molecule has 1 N–H and O–H groups in total. The minimum Gasteiger partial charge on any atom is -0.477 e. The molecule has 2 rings (SSSR count). The van der Waals surface area contributed by atoms with Crippen LogP contribution in [0.4, 0.5) is 0 Å². The number of rotatable bonds is 8. The average molecular weight is 305 g/mol. The quantitative estimate of drug-likeness (QED) is 0.760. The molecule has 0 saturated heterocycles. The molecule has 21 heavy (non-hydrogen) atoms. The van der Waals surface area contributed by atoms with Crippen molar-refractivity contribution in [3.05, 3.63) is 39.5 Å². The highest BCUT2D eigenvalue weighted by Crippen LogP contribution is 2.15. The number of pyridine rings is 1. The van der Waals surface area contributed by atoms with Gasteiger partial charge in [-0.3, -0.25) is 0 Å². The van der Waals surface area contributed by atoms with Crippen molar-refractivity contribution in [3.63, 3.8) is 0 Å². The molecule has 2 aromatic heterocycles. The number of aryl methyl sites for hydroxylation is 2. The topological polar surface area (TPSA) is 47.0 Å². The second-order valence-electron chi connectivity index (χ2n) is 5.03. The lowest BCUT2D eigenvalue weighted by Gasteiger charge is -2.09. The summed E-state index contributed by atoms with van der Waals surface area (Å²) >= 11 is 1.68. The van der Waals surface area contributed by atoms with Crippen LogP contribution in [0.3, 0.4) is 0 Å². The van der Waals surface area contributed by atoms with E-state index in [2.05, 4.69) is 28.3 Å². The van der Waals surface area contributed by atoms with Crippen molar-refractivity contribution in [2.45, 2.75) is 40.2 Å². The van der Waals surface area contributed by atoms with Crippen LogP contribution in [0.1, 0.15) is 35.2 Å². The van der Waals surface area contributed by atoms with E-state index in [4.69, 9.17) is 4.74 Å². The van der Waals surface area contributed by atoms with Crippen molar-refractivity contribution in [1.82, 2.24) is 15.3 Å². The van der Waals surface area contributed by atoms with Crippen LogP contribution in [0.15, 0.2) is 17.6 Å². The smallest absolute Gasteiger partial charge is 0.213 e. The Labute approximate surface area is 130 Å². The van der Waals surface area contributed by atoms with E-state index in [0.717, 1.165) is 37.3 Å². The molecule has 0 atom stereocenters. The van der Waals surface area contributed by atoms with E-state index in [1.54, 1.807) is 11.3 Å². The third-order valence-electron chi connectivity index (χ3n) is 3.34. The Hall–Kier alpha value is -1.46. The molecule has 0 fully saturated rings. The zero-order chi connectivity index (χ0) is 15.1. The normalized spacial score (nSPS) is 10.8. The van der Waals surface area contributed by atoms with Gasteiger partial charge in [0.25, 0.3) is 0 Å². The van der Waals surface area contributed by atoms with Crippen molar-refractivity contribution in [3.8, 4) is 5.88 Å². The number of aromatic nitrogens is 2. The molecule has 0 aliphatic rings. The van der Waals surface area contributed by atoms with E-state index in [0.29, 0.717) is 12.5 Å². The first kappa shape index (κ1) is 15.9.